The van der Waals surface area contributed by atoms with Crippen LogP contribution in [0.25, 0.3) is 0 Å². The van der Waals surface area contributed by atoms with E-state index in [0.717, 1.165) is 0 Å². The van der Waals surface area contributed by atoms with E-state index >= 15 is 0 Å². The molecule has 1 aromatic heterocycles. The van der Waals surface area contributed by atoms with Crippen molar-refractivity contribution in [2.45, 2.75) is 39.1 Å². The zero-order valence-electron chi connectivity index (χ0n) is 11.4. The Kier molecular flexibility index (Phi) is 3.73. The summed E-state index contributed by atoms with van der Waals surface area (Å²) in [6.07, 6.45) is 8.07. The van der Waals surface area contributed by atoms with E-state index in [4.69, 9.17) is 0 Å². The molecule has 1 aliphatic rings. The van der Waals surface area contributed by atoms with Gasteiger partial charge in [0.05, 0.1) is 0 Å². The second-order valence-corrected chi connectivity index (χ2v) is 9.32. The van der Waals surface area contributed by atoms with Gasteiger partial charge in [0.1, 0.15) is 0 Å². The zero-order valence-corrected chi connectivity index (χ0v) is 13.2. The third-order valence-electron chi connectivity index (χ3n) is 3.64. The molecule has 0 N–H and O–H groups in total. The summed E-state index contributed by atoms with van der Waals surface area (Å²) in [7, 11) is 2.24. The molecule has 0 saturated heterocycles. The van der Waals surface area contributed by atoms with Crippen molar-refractivity contribution in [2.24, 2.45) is 7.05 Å². The summed E-state index contributed by atoms with van der Waals surface area (Å²) in [6.45, 7) is 9.17. The molecule has 1 aromatic rings. The summed E-state index contributed by atoms with van der Waals surface area (Å²) in [5, 5.41) is 1.33. The van der Waals surface area contributed by atoms with E-state index in [1.165, 1.54) is 22.7 Å². The number of hydrogen-bond donors (Lipinski definition) is 0. The Balaban J connectivity index is 2.48. The average Bonchev–Trinajstić information content (AvgIpc) is 2.90. The number of nitrogens with zero attached hydrogens (tertiary/aromatic N) is 1. The molecule has 1 heterocycles. The minimum atomic E-state index is -0.997. The third-order valence-corrected chi connectivity index (χ3v) is 9.09. The molecule has 0 fully saturated rings. The van der Waals surface area contributed by atoms with Gasteiger partial charge in [-0.2, -0.15) is 0 Å². The van der Waals surface area contributed by atoms with Crippen molar-refractivity contribution in [3.8, 4) is 0 Å². The standard InChI is InChI=1S/C8H12N.C5H5.C2H5.Ru/c1-6-5-9(4)8(3)7(6)2;1-2-4-5-3-1;1-2;/h1-4H3;1-3H,4H2;1H2,2H3;. The molecule has 0 radical (unpaired) electrons. The van der Waals surface area contributed by atoms with Crippen LogP contribution in [-0.2, 0) is 23.0 Å². The first-order chi connectivity index (χ1) is 8.07. The molecular weight excluding hydrogens is 295 g/mol. The maximum absolute atomic E-state index is 2.45. The average molecular weight is 317 g/mol. The molecular formula is C15H22NRu. The summed E-state index contributed by atoms with van der Waals surface area (Å²) < 4.78 is 5.81. The fraction of sp³-hybridized carbons (Fsp3) is 0.467. The van der Waals surface area contributed by atoms with Crippen LogP contribution in [0.15, 0.2) is 22.4 Å². The molecule has 2 heteroatoms. The molecule has 0 aromatic carbocycles. The van der Waals surface area contributed by atoms with Crippen molar-refractivity contribution in [1.82, 2.24) is 4.57 Å². The van der Waals surface area contributed by atoms with Crippen LogP contribution in [-0.4, -0.2) is 4.57 Å². The van der Waals surface area contributed by atoms with E-state index in [9.17, 15) is 0 Å². The second kappa shape index (κ2) is 4.94. The fourth-order valence-electron chi connectivity index (χ4n) is 2.33. The van der Waals surface area contributed by atoms with E-state index in [-0.39, 0.29) is 0 Å². The SMILES string of the molecule is C[CH2][Ru]([C]1=CC=CC1)[c]1c(C)c(C)c(C)n1C. The van der Waals surface area contributed by atoms with Crippen molar-refractivity contribution >= 4 is 4.29 Å². The second-order valence-electron chi connectivity index (χ2n) is 4.49. The summed E-state index contributed by atoms with van der Waals surface area (Å²) in [4.78, 5) is 0. The van der Waals surface area contributed by atoms with Crippen LogP contribution in [0.1, 0.15) is 30.2 Å². The van der Waals surface area contributed by atoms with Crippen LogP contribution in [0, 0.1) is 20.8 Å². The number of aromatic nitrogens is 1. The summed E-state index contributed by atoms with van der Waals surface area (Å²) >= 11 is -0.997. The van der Waals surface area contributed by atoms with Gasteiger partial charge in [-0.1, -0.05) is 0 Å². The van der Waals surface area contributed by atoms with Gasteiger partial charge >= 0.3 is 110 Å². The van der Waals surface area contributed by atoms with E-state index in [1.807, 2.05) is 0 Å². The maximum atomic E-state index is 2.45. The Morgan fingerprint density at radius 1 is 1.24 bits per heavy atom. The number of hydrogen-bond acceptors (Lipinski definition) is 0. The Labute approximate surface area is 110 Å². The molecule has 0 atom stereocenters. The van der Waals surface area contributed by atoms with Crippen molar-refractivity contribution < 1.29 is 16.0 Å². The molecule has 0 amide bonds. The molecule has 95 valence electrons. The van der Waals surface area contributed by atoms with Gasteiger partial charge in [0.15, 0.2) is 0 Å². The van der Waals surface area contributed by atoms with Crippen LogP contribution in [0.2, 0.25) is 5.02 Å². The normalized spacial score (nSPS) is 15.4. The van der Waals surface area contributed by atoms with Gasteiger partial charge in [-0.15, -0.1) is 0 Å². The van der Waals surface area contributed by atoms with Crippen LogP contribution < -0.4 is 4.29 Å². The summed E-state index contributed by atoms with van der Waals surface area (Å²) in [5.74, 6) is 0. The third kappa shape index (κ3) is 2.08. The van der Waals surface area contributed by atoms with E-state index in [2.05, 4.69) is 57.5 Å². The molecule has 0 spiro atoms. The first kappa shape index (κ1) is 12.8. The van der Waals surface area contributed by atoms with Crippen molar-refractivity contribution in [3.05, 3.63) is 39.2 Å². The summed E-state index contributed by atoms with van der Waals surface area (Å²) in [6, 6.07) is 0. The molecule has 17 heavy (non-hydrogen) atoms. The van der Waals surface area contributed by atoms with Crippen LogP contribution in [0.4, 0.5) is 0 Å². The molecule has 0 saturated carbocycles. The van der Waals surface area contributed by atoms with Gasteiger partial charge < -0.3 is 0 Å². The van der Waals surface area contributed by atoms with Crippen LogP contribution in [0.5, 0.6) is 0 Å². The van der Waals surface area contributed by atoms with Crippen molar-refractivity contribution in [1.29, 1.82) is 0 Å². The zero-order chi connectivity index (χ0) is 12.6. The van der Waals surface area contributed by atoms with Crippen LogP contribution >= 0.6 is 0 Å². The Hall–Kier alpha value is -0.617. The predicted octanol–water partition coefficient (Wildman–Crippen LogP) is 3.48. The molecule has 2 rings (SSSR count). The Bertz CT molecular complexity index is 466. The predicted molar refractivity (Wildman–Crippen MR) is 71.6 cm³/mol. The molecule has 0 unspecified atom stereocenters. The number of allylic oxidation sites excluding steroid dienone is 4. The van der Waals surface area contributed by atoms with Crippen molar-refractivity contribution in [2.75, 3.05) is 0 Å². The van der Waals surface area contributed by atoms with E-state index in [0.29, 0.717) is 0 Å². The van der Waals surface area contributed by atoms with Crippen LogP contribution in [0.3, 0.4) is 0 Å². The van der Waals surface area contributed by atoms with E-state index < -0.39 is 16.0 Å². The molecule has 0 aliphatic heterocycles. The topological polar surface area (TPSA) is 4.93 Å². The monoisotopic (exact) mass is 318 g/mol. The number of rotatable bonds is 3. The van der Waals surface area contributed by atoms with Gasteiger partial charge in [0.2, 0.25) is 0 Å². The Morgan fingerprint density at radius 2 is 1.94 bits per heavy atom. The van der Waals surface area contributed by atoms with Gasteiger partial charge in [-0.3, -0.25) is 0 Å². The van der Waals surface area contributed by atoms with E-state index in [1.54, 1.807) is 14.0 Å². The van der Waals surface area contributed by atoms with Gasteiger partial charge in [0.25, 0.3) is 0 Å². The molecule has 0 bridgehead atoms. The molecule has 1 aliphatic carbocycles. The first-order valence-electron chi connectivity index (χ1n) is 6.17. The van der Waals surface area contributed by atoms with Gasteiger partial charge in [0, 0.05) is 0 Å². The molecule has 1 nitrogen and oxygen atoms in total. The summed E-state index contributed by atoms with van der Waals surface area (Å²) in [5.41, 5.74) is 4.47. The first-order valence-corrected chi connectivity index (χ1v) is 9.14. The van der Waals surface area contributed by atoms with Gasteiger partial charge in [-0.05, 0) is 0 Å². The quantitative estimate of drug-likeness (QED) is 0.752. The fourth-order valence-corrected chi connectivity index (χ4v) is 7.49. The minimum absolute atomic E-state index is 0.997. The van der Waals surface area contributed by atoms with Crippen molar-refractivity contribution in [3.63, 3.8) is 0 Å². The Morgan fingerprint density at radius 3 is 2.35 bits per heavy atom. The van der Waals surface area contributed by atoms with Gasteiger partial charge in [-0.25, -0.2) is 0 Å².